The summed E-state index contributed by atoms with van der Waals surface area (Å²) < 4.78 is 39.6. The number of hydrogen-bond acceptors (Lipinski definition) is 5. The number of halogens is 1. The third-order valence-corrected chi connectivity index (χ3v) is 5.82. The Balaban J connectivity index is 1.95. The van der Waals surface area contributed by atoms with E-state index in [1.807, 2.05) is 19.1 Å². The minimum atomic E-state index is -4.03. The lowest BCUT2D eigenvalue weighted by Gasteiger charge is -2.15. The molecule has 162 valence electrons. The number of amides is 1. The van der Waals surface area contributed by atoms with Gasteiger partial charge in [0.1, 0.15) is 11.5 Å². The molecular formula is C22H21ClN2O5S. The SMILES string of the molecule is COc1ccc(S(=O)(=O)Nc2cc(Cl)ccc2Oc2ccc(C)cc2)cc1NC(C)=O. The zero-order chi connectivity index (χ0) is 22.6. The molecule has 0 unspecified atom stereocenters. The van der Waals surface area contributed by atoms with Crippen LogP contribution in [0.3, 0.4) is 0 Å². The molecule has 0 aliphatic carbocycles. The lowest BCUT2D eigenvalue weighted by Crippen LogP contribution is -2.15. The van der Waals surface area contributed by atoms with Gasteiger partial charge in [0.05, 0.1) is 23.4 Å². The minimum Gasteiger partial charge on any atom is -0.495 e. The monoisotopic (exact) mass is 460 g/mol. The highest BCUT2D eigenvalue weighted by Crippen LogP contribution is 2.35. The number of benzene rings is 3. The van der Waals surface area contributed by atoms with E-state index in [-0.39, 0.29) is 27.9 Å². The van der Waals surface area contributed by atoms with Crippen molar-refractivity contribution in [3.05, 3.63) is 71.2 Å². The molecule has 0 aromatic heterocycles. The first kappa shape index (κ1) is 22.5. The second-order valence-corrected chi connectivity index (χ2v) is 8.82. The number of methoxy groups -OCH3 is 1. The Morgan fingerprint density at radius 1 is 0.935 bits per heavy atom. The normalized spacial score (nSPS) is 11.0. The maximum Gasteiger partial charge on any atom is 0.262 e. The molecule has 0 atom stereocenters. The van der Waals surface area contributed by atoms with Gasteiger partial charge in [-0.05, 0) is 55.5 Å². The fourth-order valence-corrected chi connectivity index (χ4v) is 4.01. The number of nitrogens with one attached hydrogen (secondary N) is 2. The number of ether oxygens (including phenoxy) is 2. The molecule has 0 aliphatic heterocycles. The van der Waals surface area contributed by atoms with Crippen LogP contribution in [0.15, 0.2) is 65.6 Å². The quantitative estimate of drug-likeness (QED) is 0.504. The van der Waals surface area contributed by atoms with Gasteiger partial charge in [-0.25, -0.2) is 8.42 Å². The molecule has 3 aromatic rings. The summed E-state index contributed by atoms with van der Waals surface area (Å²) >= 11 is 6.08. The first-order valence-electron chi connectivity index (χ1n) is 9.20. The third-order valence-electron chi connectivity index (χ3n) is 4.23. The van der Waals surface area contributed by atoms with Gasteiger partial charge in [-0.3, -0.25) is 9.52 Å². The summed E-state index contributed by atoms with van der Waals surface area (Å²) in [5.41, 5.74) is 1.48. The molecule has 0 radical (unpaired) electrons. The molecule has 0 saturated carbocycles. The van der Waals surface area contributed by atoms with E-state index < -0.39 is 10.0 Å². The summed E-state index contributed by atoms with van der Waals surface area (Å²) in [5.74, 6) is 0.808. The zero-order valence-corrected chi connectivity index (χ0v) is 18.7. The summed E-state index contributed by atoms with van der Waals surface area (Å²) in [6, 6.07) is 16.1. The van der Waals surface area contributed by atoms with E-state index >= 15 is 0 Å². The second-order valence-electron chi connectivity index (χ2n) is 6.70. The Hall–Kier alpha value is -3.23. The van der Waals surface area contributed by atoms with Gasteiger partial charge >= 0.3 is 0 Å². The van der Waals surface area contributed by atoms with E-state index in [0.29, 0.717) is 16.5 Å². The molecule has 7 nitrogen and oxygen atoms in total. The van der Waals surface area contributed by atoms with Crippen molar-refractivity contribution in [2.75, 3.05) is 17.1 Å². The molecule has 3 rings (SSSR count). The molecule has 9 heteroatoms. The molecule has 31 heavy (non-hydrogen) atoms. The predicted octanol–water partition coefficient (Wildman–Crippen LogP) is 5.21. The molecule has 0 fully saturated rings. The van der Waals surface area contributed by atoms with E-state index in [4.69, 9.17) is 21.1 Å². The van der Waals surface area contributed by atoms with E-state index in [1.54, 1.807) is 24.3 Å². The maximum atomic E-state index is 13.0. The van der Waals surface area contributed by atoms with Crippen LogP contribution in [0.2, 0.25) is 5.02 Å². The van der Waals surface area contributed by atoms with Gasteiger partial charge in [0.25, 0.3) is 10.0 Å². The standard InChI is InChI=1S/C22H21ClN2O5S/c1-14-4-7-17(8-5-14)30-22-10-6-16(23)12-20(22)25-31(27,28)18-9-11-21(29-3)19(13-18)24-15(2)26/h4-13,25H,1-3H3,(H,24,26). The van der Waals surface area contributed by atoms with Gasteiger partial charge in [0, 0.05) is 11.9 Å². The molecular weight excluding hydrogens is 440 g/mol. The highest BCUT2D eigenvalue weighted by molar-refractivity contribution is 7.92. The second kappa shape index (κ2) is 9.28. The Kier molecular flexibility index (Phi) is 6.72. The zero-order valence-electron chi connectivity index (χ0n) is 17.1. The van der Waals surface area contributed by atoms with Gasteiger partial charge < -0.3 is 14.8 Å². The van der Waals surface area contributed by atoms with Gasteiger partial charge in [-0.1, -0.05) is 29.3 Å². The van der Waals surface area contributed by atoms with E-state index in [0.717, 1.165) is 5.56 Å². The number of carbonyl (C=O) groups is 1. The lowest BCUT2D eigenvalue weighted by atomic mass is 10.2. The third kappa shape index (κ3) is 5.68. The number of carbonyl (C=O) groups excluding carboxylic acids is 1. The van der Waals surface area contributed by atoms with Crippen molar-refractivity contribution in [1.82, 2.24) is 0 Å². The van der Waals surface area contributed by atoms with Crippen molar-refractivity contribution >= 4 is 38.9 Å². The van der Waals surface area contributed by atoms with Crippen LogP contribution in [0.1, 0.15) is 12.5 Å². The molecule has 3 aromatic carbocycles. The molecule has 0 heterocycles. The van der Waals surface area contributed by atoms with Crippen LogP contribution in [-0.4, -0.2) is 21.4 Å². The Labute approximate surface area is 186 Å². The molecule has 2 N–H and O–H groups in total. The van der Waals surface area contributed by atoms with Crippen LogP contribution in [0.4, 0.5) is 11.4 Å². The van der Waals surface area contributed by atoms with Gasteiger partial charge in [-0.2, -0.15) is 0 Å². The summed E-state index contributed by atoms with van der Waals surface area (Å²) in [5, 5.41) is 2.89. The molecule has 1 amide bonds. The number of rotatable bonds is 7. The fraction of sp³-hybridized carbons (Fsp3) is 0.136. The minimum absolute atomic E-state index is 0.0710. The van der Waals surface area contributed by atoms with Crippen LogP contribution >= 0.6 is 11.6 Å². The van der Waals surface area contributed by atoms with Crippen LogP contribution in [0.5, 0.6) is 17.2 Å². The molecule has 0 bridgehead atoms. The van der Waals surface area contributed by atoms with Crippen LogP contribution in [0, 0.1) is 6.92 Å². The molecule has 0 aliphatic rings. The first-order chi connectivity index (χ1) is 14.7. The lowest BCUT2D eigenvalue weighted by molar-refractivity contribution is -0.114. The van der Waals surface area contributed by atoms with Crippen molar-refractivity contribution in [1.29, 1.82) is 0 Å². The summed E-state index contributed by atoms with van der Waals surface area (Å²) in [6.45, 7) is 3.27. The van der Waals surface area contributed by atoms with E-state index in [9.17, 15) is 13.2 Å². The van der Waals surface area contributed by atoms with Gasteiger partial charge in [-0.15, -0.1) is 0 Å². The number of anilines is 2. The number of hydrogen-bond donors (Lipinski definition) is 2. The number of sulfonamides is 1. The van der Waals surface area contributed by atoms with E-state index in [1.165, 1.54) is 38.3 Å². The topological polar surface area (TPSA) is 93.7 Å². The summed E-state index contributed by atoms with van der Waals surface area (Å²) in [7, 11) is -2.61. The van der Waals surface area contributed by atoms with Crippen molar-refractivity contribution < 1.29 is 22.7 Å². The molecule has 0 saturated heterocycles. The van der Waals surface area contributed by atoms with Crippen molar-refractivity contribution in [3.8, 4) is 17.2 Å². The highest BCUT2D eigenvalue weighted by atomic mass is 35.5. The fourth-order valence-electron chi connectivity index (χ4n) is 2.75. The van der Waals surface area contributed by atoms with Crippen LogP contribution in [0.25, 0.3) is 0 Å². The Morgan fingerprint density at radius 2 is 1.61 bits per heavy atom. The average molecular weight is 461 g/mol. The highest BCUT2D eigenvalue weighted by Gasteiger charge is 2.20. The summed E-state index contributed by atoms with van der Waals surface area (Å²) in [4.78, 5) is 11.4. The number of aryl methyl sites for hydroxylation is 1. The van der Waals surface area contributed by atoms with Crippen LogP contribution < -0.4 is 19.5 Å². The van der Waals surface area contributed by atoms with Crippen molar-refractivity contribution in [3.63, 3.8) is 0 Å². The maximum absolute atomic E-state index is 13.0. The van der Waals surface area contributed by atoms with Crippen LogP contribution in [-0.2, 0) is 14.8 Å². The smallest absolute Gasteiger partial charge is 0.262 e. The Bertz CT molecular complexity index is 1210. The first-order valence-corrected chi connectivity index (χ1v) is 11.1. The average Bonchev–Trinajstić information content (AvgIpc) is 2.71. The molecule has 0 spiro atoms. The largest absolute Gasteiger partial charge is 0.495 e. The summed E-state index contributed by atoms with van der Waals surface area (Å²) in [6.07, 6.45) is 0. The predicted molar refractivity (Wildman–Crippen MR) is 121 cm³/mol. The van der Waals surface area contributed by atoms with Gasteiger partial charge in [0.15, 0.2) is 5.75 Å². The van der Waals surface area contributed by atoms with Gasteiger partial charge in [0.2, 0.25) is 5.91 Å². The van der Waals surface area contributed by atoms with Crippen molar-refractivity contribution in [2.45, 2.75) is 18.7 Å². The van der Waals surface area contributed by atoms with E-state index in [2.05, 4.69) is 10.0 Å². The van der Waals surface area contributed by atoms with Crippen molar-refractivity contribution in [2.24, 2.45) is 0 Å². The Morgan fingerprint density at radius 3 is 2.26 bits per heavy atom.